The molecule has 2 aromatic rings. The van der Waals surface area contributed by atoms with Gasteiger partial charge in [-0.3, -0.25) is 4.79 Å². The Bertz CT molecular complexity index is 713. The number of carbonyl (C=O) groups is 1. The van der Waals surface area contributed by atoms with Crippen LogP contribution in [0, 0.1) is 0 Å². The summed E-state index contributed by atoms with van der Waals surface area (Å²) in [6.07, 6.45) is 1.68. The molecular formula is C19H23ClN4O2. The van der Waals surface area contributed by atoms with Crippen LogP contribution in [0.25, 0.3) is 0 Å². The van der Waals surface area contributed by atoms with E-state index in [0.29, 0.717) is 16.5 Å². The maximum absolute atomic E-state index is 12.0. The predicted molar refractivity (Wildman–Crippen MR) is 104 cm³/mol. The largest absolute Gasteiger partial charge is 0.484 e. The molecule has 0 bridgehead atoms. The second kappa shape index (κ2) is 8.87. The Balaban J connectivity index is 1.47. The number of piperazine rings is 1. The van der Waals surface area contributed by atoms with Gasteiger partial charge in [0.05, 0.1) is 11.9 Å². The van der Waals surface area contributed by atoms with Crippen molar-refractivity contribution in [2.75, 3.05) is 49.5 Å². The Morgan fingerprint density at radius 1 is 1.15 bits per heavy atom. The van der Waals surface area contributed by atoms with Crippen LogP contribution in [0.4, 0.5) is 11.5 Å². The van der Waals surface area contributed by atoms with Gasteiger partial charge in [0.2, 0.25) is 0 Å². The highest BCUT2D eigenvalue weighted by Gasteiger charge is 2.16. The number of amides is 1. The molecule has 0 spiro atoms. The number of nitrogens with one attached hydrogen (secondary N) is 1. The summed E-state index contributed by atoms with van der Waals surface area (Å²) < 4.78 is 5.43. The molecule has 1 fully saturated rings. The Labute approximate surface area is 158 Å². The van der Waals surface area contributed by atoms with Crippen molar-refractivity contribution in [3.63, 3.8) is 0 Å². The van der Waals surface area contributed by atoms with Gasteiger partial charge in [-0.05, 0) is 42.9 Å². The standard InChI is InChI=1S/C19H23ClN4O2/c1-2-23-9-11-24(12-10-23)18-8-5-16(13-21-18)22-19(25)14-26-17-6-3-15(20)4-7-17/h3-8,13H,2,9-12,14H2,1H3,(H,22,25). The maximum atomic E-state index is 12.0. The van der Waals surface area contributed by atoms with Gasteiger partial charge in [-0.15, -0.1) is 0 Å². The van der Waals surface area contributed by atoms with Crippen molar-refractivity contribution in [2.24, 2.45) is 0 Å². The van der Waals surface area contributed by atoms with E-state index in [2.05, 4.69) is 27.0 Å². The third-order valence-electron chi connectivity index (χ3n) is 4.36. The molecular weight excluding hydrogens is 352 g/mol. The van der Waals surface area contributed by atoms with Gasteiger partial charge < -0.3 is 19.9 Å². The van der Waals surface area contributed by atoms with E-state index in [1.54, 1.807) is 30.5 Å². The lowest BCUT2D eigenvalue weighted by atomic mass is 10.3. The summed E-state index contributed by atoms with van der Waals surface area (Å²) in [6, 6.07) is 10.7. The summed E-state index contributed by atoms with van der Waals surface area (Å²) >= 11 is 5.82. The number of ether oxygens (including phenoxy) is 1. The van der Waals surface area contributed by atoms with Crippen LogP contribution in [0.2, 0.25) is 5.02 Å². The van der Waals surface area contributed by atoms with Crippen molar-refractivity contribution in [1.82, 2.24) is 9.88 Å². The molecule has 0 unspecified atom stereocenters. The minimum Gasteiger partial charge on any atom is -0.484 e. The Hall–Kier alpha value is -2.31. The second-order valence-electron chi connectivity index (χ2n) is 6.12. The van der Waals surface area contributed by atoms with E-state index >= 15 is 0 Å². The smallest absolute Gasteiger partial charge is 0.262 e. The van der Waals surface area contributed by atoms with Crippen LogP contribution < -0.4 is 15.0 Å². The molecule has 2 heterocycles. The van der Waals surface area contributed by atoms with Crippen LogP contribution in [0.3, 0.4) is 0 Å². The number of nitrogens with zero attached hydrogens (tertiary/aromatic N) is 3. The highest BCUT2D eigenvalue weighted by molar-refractivity contribution is 6.30. The summed E-state index contributed by atoms with van der Waals surface area (Å²) in [7, 11) is 0. The Morgan fingerprint density at radius 3 is 2.50 bits per heavy atom. The quantitative estimate of drug-likeness (QED) is 0.842. The van der Waals surface area contributed by atoms with E-state index in [1.165, 1.54) is 0 Å². The molecule has 26 heavy (non-hydrogen) atoms. The third kappa shape index (κ3) is 5.09. The van der Waals surface area contributed by atoms with Crippen LogP contribution in [-0.2, 0) is 4.79 Å². The lowest BCUT2D eigenvalue weighted by molar-refractivity contribution is -0.118. The van der Waals surface area contributed by atoms with Crippen LogP contribution in [0.15, 0.2) is 42.6 Å². The predicted octanol–water partition coefficient (Wildman–Crippen LogP) is 2.89. The van der Waals surface area contributed by atoms with E-state index in [-0.39, 0.29) is 12.5 Å². The molecule has 1 aromatic heterocycles. The van der Waals surface area contributed by atoms with E-state index in [9.17, 15) is 4.79 Å². The average Bonchev–Trinajstić information content (AvgIpc) is 2.68. The minimum atomic E-state index is -0.230. The zero-order valence-electron chi connectivity index (χ0n) is 14.8. The molecule has 0 radical (unpaired) electrons. The van der Waals surface area contributed by atoms with Crippen molar-refractivity contribution in [1.29, 1.82) is 0 Å². The van der Waals surface area contributed by atoms with Crippen molar-refractivity contribution >= 4 is 29.0 Å². The van der Waals surface area contributed by atoms with Gasteiger partial charge in [-0.1, -0.05) is 18.5 Å². The fraction of sp³-hybridized carbons (Fsp3) is 0.368. The van der Waals surface area contributed by atoms with Crippen LogP contribution in [-0.4, -0.2) is 55.1 Å². The number of carbonyl (C=O) groups excluding carboxylic acids is 1. The zero-order valence-corrected chi connectivity index (χ0v) is 15.6. The monoisotopic (exact) mass is 374 g/mol. The number of benzene rings is 1. The Kier molecular flexibility index (Phi) is 6.30. The van der Waals surface area contributed by atoms with Gasteiger partial charge in [0.15, 0.2) is 6.61 Å². The molecule has 138 valence electrons. The number of aromatic nitrogens is 1. The van der Waals surface area contributed by atoms with Gasteiger partial charge in [-0.25, -0.2) is 4.98 Å². The molecule has 1 saturated heterocycles. The molecule has 1 N–H and O–H groups in total. The lowest BCUT2D eigenvalue weighted by Gasteiger charge is -2.34. The number of pyridine rings is 1. The molecule has 1 amide bonds. The molecule has 7 heteroatoms. The lowest BCUT2D eigenvalue weighted by Crippen LogP contribution is -2.46. The van der Waals surface area contributed by atoms with E-state index in [0.717, 1.165) is 38.5 Å². The first-order valence-electron chi connectivity index (χ1n) is 8.75. The first-order chi connectivity index (χ1) is 12.6. The van der Waals surface area contributed by atoms with Crippen molar-refractivity contribution < 1.29 is 9.53 Å². The molecule has 0 aliphatic carbocycles. The van der Waals surface area contributed by atoms with Crippen molar-refractivity contribution in [2.45, 2.75) is 6.92 Å². The molecule has 1 aliphatic heterocycles. The molecule has 3 rings (SSSR count). The molecule has 0 saturated carbocycles. The van der Waals surface area contributed by atoms with Crippen molar-refractivity contribution in [3.05, 3.63) is 47.6 Å². The SMILES string of the molecule is CCN1CCN(c2ccc(NC(=O)COc3ccc(Cl)cc3)cn2)CC1. The molecule has 1 aromatic carbocycles. The fourth-order valence-corrected chi connectivity index (χ4v) is 2.94. The number of likely N-dealkylation sites (N-methyl/N-ethyl adjacent to an activating group) is 1. The maximum Gasteiger partial charge on any atom is 0.262 e. The topological polar surface area (TPSA) is 57.7 Å². The van der Waals surface area contributed by atoms with Crippen LogP contribution in [0.5, 0.6) is 5.75 Å². The van der Waals surface area contributed by atoms with Gasteiger partial charge in [-0.2, -0.15) is 0 Å². The second-order valence-corrected chi connectivity index (χ2v) is 6.55. The van der Waals surface area contributed by atoms with E-state index < -0.39 is 0 Å². The van der Waals surface area contributed by atoms with E-state index in [1.807, 2.05) is 12.1 Å². The van der Waals surface area contributed by atoms with E-state index in [4.69, 9.17) is 16.3 Å². The summed E-state index contributed by atoms with van der Waals surface area (Å²) in [5.41, 5.74) is 0.658. The molecule has 1 aliphatic rings. The highest BCUT2D eigenvalue weighted by Crippen LogP contribution is 2.17. The van der Waals surface area contributed by atoms with Gasteiger partial charge in [0, 0.05) is 31.2 Å². The number of rotatable bonds is 6. The summed E-state index contributed by atoms with van der Waals surface area (Å²) in [4.78, 5) is 21.2. The van der Waals surface area contributed by atoms with Crippen LogP contribution in [0.1, 0.15) is 6.92 Å². The normalized spacial score (nSPS) is 14.9. The summed E-state index contributed by atoms with van der Waals surface area (Å²) in [5.74, 6) is 1.31. The van der Waals surface area contributed by atoms with Crippen molar-refractivity contribution in [3.8, 4) is 5.75 Å². The molecule has 6 nitrogen and oxygen atoms in total. The average molecular weight is 375 g/mol. The molecule has 0 atom stereocenters. The zero-order chi connectivity index (χ0) is 18.4. The Morgan fingerprint density at radius 2 is 1.88 bits per heavy atom. The van der Waals surface area contributed by atoms with Gasteiger partial charge >= 0.3 is 0 Å². The van der Waals surface area contributed by atoms with Crippen LogP contribution >= 0.6 is 11.6 Å². The first-order valence-corrected chi connectivity index (χ1v) is 9.13. The fourth-order valence-electron chi connectivity index (χ4n) is 2.82. The first kappa shape index (κ1) is 18.5. The van der Waals surface area contributed by atoms with Gasteiger partial charge in [0.1, 0.15) is 11.6 Å². The number of anilines is 2. The van der Waals surface area contributed by atoms with Gasteiger partial charge in [0.25, 0.3) is 5.91 Å². The highest BCUT2D eigenvalue weighted by atomic mass is 35.5. The number of hydrogen-bond donors (Lipinski definition) is 1. The minimum absolute atomic E-state index is 0.0671. The summed E-state index contributed by atoms with van der Waals surface area (Å²) in [6.45, 7) is 7.26. The number of hydrogen-bond acceptors (Lipinski definition) is 5. The third-order valence-corrected chi connectivity index (χ3v) is 4.61. The number of halogens is 1. The summed E-state index contributed by atoms with van der Waals surface area (Å²) in [5, 5.41) is 3.42.